The van der Waals surface area contributed by atoms with E-state index in [1.165, 1.54) is 11.0 Å². The fourth-order valence-electron chi connectivity index (χ4n) is 1.56. The lowest BCUT2D eigenvalue weighted by Gasteiger charge is -2.09. The van der Waals surface area contributed by atoms with Gasteiger partial charge in [-0.3, -0.25) is 4.79 Å². The number of methoxy groups -OCH3 is 1. The molecule has 0 atom stereocenters. The molecule has 1 aromatic carbocycles. The molecule has 18 heavy (non-hydrogen) atoms. The summed E-state index contributed by atoms with van der Waals surface area (Å²) in [5, 5.41) is 10.5. The largest absolute Gasteiger partial charge is 0.495 e. The number of hydrogen-bond donors (Lipinski definition) is 1. The topological polar surface area (TPSA) is 69.0 Å². The summed E-state index contributed by atoms with van der Waals surface area (Å²) in [6.45, 7) is 1.94. The highest BCUT2D eigenvalue weighted by Crippen LogP contribution is 2.25. The van der Waals surface area contributed by atoms with Crippen LogP contribution in [-0.4, -0.2) is 28.0 Å². The molecule has 0 aliphatic carbocycles. The smallest absolute Gasteiger partial charge is 0.277 e. The van der Waals surface area contributed by atoms with E-state index in [1.54, 1.807) is 14.2 Å². The van der Waals surface area contributed by atoms with Gasteiger partial charge < -0.3 is 10.1 Å². The molecule has 1 aromatic heterocycles. The molecule has 0 unspecified atom stereocenters. The van der Waals surface area contributed by atoms with Crippen LogP contribution in [0.3, 0.4) is 0 Å². The maximum atomic E-state index is 11.9. The van der Waals surface area contributed by atoms with Crippen LogP contribution in [0.5, 0.6) is 5.75 Å². The highest BCUT2D eigenvalue weighted by atomic mass is 16.5. The number of carbonyl (C=O) groups excluding carboxylic acids is 1. The zero-order chi connectivity index (χ0) is 13.1. The molecule has 0 radical (unpaired) electrons. The lowest BCUT2D eigenvalue weighted by atomic mass is 10.2. The molecule has 0 saturated heterocycles. The molecular weight excluding hydrogens is 232 g/mol. The number of aryl methyl sites for hydroxylation is 2. The van der Waals surface area contributed by atoms with Crippen LogP contribution in [0.2, 0.25) is 0 Å². The Labute approximate surface area is 105 Å². The van der Waals surface area contributed by atoms with Gasteiger partial charge in [-0.15, -0.1) is 5.10 Å². The summed E-state index contributed by atoms with van der Waals surface area (Å²) < 4.78 is 5.19. The number of aromatic nitrogens is 3. The predicted molar refractivity (Wildman–Crippen MR) is 66.7 cm³/mol. The third-order valence-corrected chi connectivity index (χ3v) is 2.44. The van der Waals surface area contributed by atoms with Crippen molar-refractivity contribution in [3.63, 3.8) is 0 Å². The zero-order valence-corrected chi connectivity index (χ0v) is 10.5. The molecule has 0 aliphatic heterocycles. The van der Waals surface area contributed by atoms with E-state index in [-0.39, 0.29) is 11.6 Å². The quantitative estimate of drug-likeness (QED) is 0.888. The number of benzene rings is 1. The number of anilines is 1. The average molecular weight is 246 g/mol. The summed E-state index contributed by atoms with van der Waals surface area (Å²) >= 11 is 0. The standard InChI is InChI=1S/C12H14N4O2/c1-8-4-5-11(18-3)9(6-8)14-12(17)10-7-13-16(2)15-10/h4-7H,1-3H3,(H,14,17). The van der Waals surface area contributed by atoms with Gasteiger partial charge in [-0.2, -0.15) is 9.90 Å². The normalized spacial score (nSPS) is 10.2. The van der Waals surface area contributed by atoms with Crippen LogP contribution in [0.1, 0.15) is 16.1 Å². The summed E-state index contributed by atoms with van der Waals surface area (Å²) in [5.41, 5.74) is 1.92. The Morgan fingerprint density at radius 1 is 1.44 bits per heavy atom. The Hall–Kier alpha value is -2.37. The molecule has 1 amide bonds. The minimum atomic E-state index is -0.313. The van der Waals surface area contributed by atoms with E-state index in [2.05, 4.69) is 15.5 Å². The van der Waals surface area contributed by atoms with Crippen molar-refractivity contribution in [1.82, 2.24) is 15.0 Å². The second-order valence-corrected chi connectivity index (χ2v) is 3.88. The van der Waals surface area contributed by atoms with Crippen LogP contribution in [0.15, 0.2) is 24.4 Å². The molecule has 1 heterocycles. The van der Waals surface area contributed by atoms with Gasteiger partial charge in [0, 0.05) is 7.05 Å². The first kappa shape index (κ1) is 12.1. The van der Waals surface area contributed by atoms with Crippen LogP contribution >= 0.6 is 0 Å². The van der Waals surface area contributed by atoms with Crippen LogP contribution in [0.4, 0.5) is 5.69 Å². The summed E-state index contributed by atoms with van der Waals surface area (Å²) in [6, 6.07) is 5.56. The van der Waals surface area contributed by atoms with E-state index < -0.39 is 0 Å². The molecule has 2 rings (SSSR count). The lowest BCUT2D eigenvalue weighted by molar-refractivity contribution is 0.102. The lowest BCUT2D eigenvalue weighted by Crippen LogP contribution is -2.13. The van der Waals surface area contributed by atoms with Gasteiger partial charge in [0.1, 0.15) is 5.75 Å². The fourth-order valence-corrected chi connectivity index (χ4v) is 1.56. The summed E-state index contributed by atoms with van der Waals surface area (Å²) in [4.78, 5) is 13.3. The number of hydrogen-bond acceptors (Lipinski definition) is 4. The first-order valence-electron chi connectivity index (χ1n) is 5.42. The Morgan fingerprint density at radius 3 is 2.83 bits per heavy atom. The van der Waals surface area contributed by atoms with Gasteiger partial charge in [-0.1, -0.05) is 6.07 Å². The molecule has 0 fully saturated rings. The van der Waals surface area contributed by atoms with Gasteiger partial charge in [0.15, 0.2) is 5.69 Å². The molecule has 6 heteroatoms. The second-order valence-electron chi connectivity index (χ2n) is 3.88. The van der Waals surface area contributed by atoms with E-state index in [0.717, 1.165) is 5.56 Å². The van der Waals surface area contributed by atoms with Gasteiger partial charge in [-0.05, 0) is 24.6 Å². The first-order valence-corrected chi connectivity index (χ1v) is 5.42. The number of nitrogens with zero attached hydrogens (tertiary/aromatic N) is 3. The number of amides is 1. The molecule has 2 aromatic rings. The molecule has 6 nitrogen and oxygen atoms in total. The minimum absolute atomic E-state index is 0.265. The third-order valence-electron chi connectivity index (χ3n) is 2.44. The Morgan fingerprint density at radius 2 is 2.22 bits per heavy atom. The number of nitrogens with one attached hydrogen (secondary N) is 1. The van der Waals surface area contributed by atoms with Crippen molar-refractivity contribution >= 4 is 11.6 Å². The van der Waals surface area contributed by atoms with Gasteiger partial charge in [-0.25, -0.2) is 0 Å². The van der Waals surface area contributed by atoms with Crippen molar-refractivity contribution in [3.8, 4) is 5.75 Å². The predicted octanol–water partition coefficient (Wildman–Crippen LogP) is 1.38. The molecule has 0 bridgehead atoms. The van der Waals surface area contributed by atoms with Crippen LogP contribution in [0, 0.1) is 6.92 Å². The Balaban J connectivity index is 2.23. The van der Waals surface area contributed by atoms with Crippen molar-refractivity contribution in [2.45, 2.75) is 6.92 Å². The average Bonchev–Trinajstić information content (AvgIpc) is 2.76. The summed E-state index contributed by atoms with van der Waals surface area (Å²) in [7, 11) is 3.21. The first-order chi connectivity index (χ1) is 8.60. The zero-order valence-electron chi connectivity index (χ0n) is 10.5. The third kappa shape index (κ3) is 2.48. The second kappa shape index (κ2) is 4.87. The molecule has 94 valence electrons. The van der Waals surface area contributed by atoms with Crippen LogP contribution in [0.25, 0.3) is 0 Å². The van der Waals surface area contributed by atoms with Gasteiger partial charge in [0.2, 0.25) is 0 Å². The van der Waals surface area contributed by atoms with Gasteiger partial charge >= 0.3 is 0 Å². The van der Waals surface area contributed by atoms with Crippen LogP contribution in [-0.2, 0) is 7.05 Å². The summed E-state index contributed by atoms with van der Waals surface area (Å²) in [5.74, 6) is 0.296. The van der Waals surface area contributed by atoms with E-state index in [1.807, 2.05) is 25.1 Å². The van der Waals surface area contributed by atoms with Crippen LogP contribution < -0.4 is 10.1 Å². The molecule has 1 N–H and O–H groups in total. The maximum Gasteiger partial charge on any atom is 0.277 e. The molecular formula is C12H14N4O2. The van der Waals surface area contributed by atoms with Crippen molar-refractivity contribution in [2.75, 3.05) is 12.4 Å². The molecule has 0 spiro atoms. The van der Waals surface area contributed by atoms with Crippen molar-refractivity contribution < 1.29 is 9.53 Å². The van der Waals surface area contributed by atoms with Crippen molar-refractivity contribution in [2.24, 2.45) is 7.05 Å². The van der Waals surface area contributed by atoms with Crippen molar-refractivity contribution in [1.29, 1.82) is 0 Å². The van der Waals surface area contributed by atoms with E-state index in [0.29, 0.717) is 11.4 Å². The molecule has 0 saturated carbocycles. The Bertz CT molecular complexity index is 577. The van der Waals surface area contributed by atoms with Gasteiger partial charge in [0.05, 0.1) is 19.0 Å². The fraction of sp³-hybridized carbons (Fsp3) is 0.250. The number of carbonyl (C=O) groups is 1. The van der Waals surface area contributed by atoms with Gasteiger partial charge in [0.25, 0.3) is 5.91 Å². The van der Waals surface area contributed by atoms with E-state index in [4.69, 9.17) is 4.74 Å². The van der Waals surface area contributed by atoms with E-state index >= 15 is 0 Å². The number of ether oxygens (including phenoxy) is 1. The monoisotopic (exact) mass is 246 g/mol. The Kier molecular flexibility index (Phi) is 3.27. The SMILES string of the molecule is COc1ccc(C)cc1NC(=O)c1cnn(C)n1. The number of rotatable bonds is 3. The highest BCUT2D eigenvalue weighted by molar-refractivity contribution is 6.03. The minimum Gasteiger partial charge on any atom is -0.495 e. The van der Waals surface area contributed by atoms with Crippen molar-refractivity contribution in [3.05, 3.63) is 35.7 Å². The maximum absolute atomic E-state index is 11.9. The highest BCUT2D eigenvalue weighted by Gasteiger charge is 2.12. The summed E-state index contributed by atoms with van der Waals surface area (Å²) in [6.07, 6.45) is 1.41. The molecule has 0 aliphatic rings. The van der Waals surface area contributed by atoms with E-state index in [9.17, 15) is 4.79 Å².